The molecule has 0 aliphatic carbocycles. The molecular weight excluding hydrogens is 210 g/mol. The van der Waals surface area contributed by atoms with Crippen molar-refractivity contribution in [1.29, 1.82) is 0 Å². The van der Waals surface area contributed by atoms with E-state index in [1.165, 1.54) is 16.8 Å². The Kier molecular flexibility index (Phi) is 3.59. The van der Waals surface area contributed by atoms with Crippen LogP contribution in [0, 0.1) is 6.92 Å². The number of nitrogens with zero attached hydrogens (tertiary/aromatic N) is 2. The molecule has 2 rings (SSSR count). The van der Waals surface area contributed by atoms with Crippen LogP contribution in [0.3, 0.4) is 0 Å². The number of benzene rings is 1. The van der Waals surface area contributed by atoms with E-state index in [-0.39, 0.29) is 6.04 Å². The lowest BCUT2D eigenvalue weighted by molar-refractivity contribution is 0.591. The zero-order valence-electron chi connectivity index (χ0n) is 10.6. The van der Waals surface area contributed by atoms with Crippen LogP contribution in [-0.2, 0) is 7.05 Å². The standard InChI is InChI=1S/C14H19N3/c1-4-16-14(13-9-15-10-17(13)3)12-8-6-5-7-11(12)2/h5-10,14,16H,4H2,1-3H3. The molecule has 1 aromatic heterocycles. The molecule has 3 heteroatoms. The number of aryl methyl sites for hydroxylation is 2. The van der Waals surface area contributed by atoms with Crippen LogP contribution < -0.4 is 5.32 Å². The van der Waals surface area contributed by atoms with E-state index in [0.717, 1.165) is 6.54 Å². The fourth-order valence-electron chi connectivity index (χ4n) is 2.13. The van der Waals surface area contributed by atoms with Crippen LogP contribution in [0.5, 0.6) is 0 Å². The summed E-state index contributed by atoms with van der Waals surface area (Å²) >= 11 is 0. The Balaban J connectivity index is 2.43. The minimum atomic E-state index is 0.216. The number of hydrogen-bond donors (Lipinski definition) is 1. The molecule has 0 aliphatic rings. The van der Waals surface area contributed by atoms with Gasteiger partial charge in [0.2, 0.25) is 0 Å². The van der Waals surface area contributed by atoms with Crippen LogP contribution >= 0.6 is 0 Å². The quantitative estimate of drug-likeness (QED) is 0.872. The van der Waals surface area contributed by atoms with E-state index < -0.39 is 0 Å². The van der Waals surface area contributed by atoms with Gasteiger partial charge in [0, 0.05) is 7.05 Å². The first-order chi connectivity index (χ1) is 8.24. The first-order valence-corrected chi connectivity index (χ1v) is 5.99. The largest absolute Gasteiger partial charge is 0.336 e. The lowest BCUT2D eigenvalue weighted by Gasteiger charge is -2.20. The van der Waals surface area contributed by atoms with Crippen LogP contribution in [0.15, 0.2) is 36.8 Å². The van der Waals surface area contributed by atoms with Gasteiger partial charge in [0.1, 0.15) is 0 Å². The third-order valence-electron chi connectivity index (χ3n) is 3.06. The highest BCUT2D eigenvalue weighted by molar-refractivity contribution is 5.34. The maximum Gasteiger partial charge on any atom is 0.0946 e. The second-order valence-corrected chi connectivity index (χ2v) is 4.28. The van der Waals surface area contributed by atoms with E-state index in [1.807, 2.05) is 19.6 Å². The molecule has 0 spiro atoms. The van der Waals surface area contributed by atoms with Gasteiger partial charge >= 0.3 is 0 Å². The predicted molar refractivity (Wildman–Crippen MR) is 69.9 cm³/mol. The first-order valence-electron chi connectivity index (χ1n) is 5.99. The molecule has 0 radical (unpaired) electrons. The summed E-state index contributed by atoms with van der Waals surface area (Å²) in [4.78, 5) is 4.20. The molecule has 1 unspecified atom stereocenters. The van der Waals surface area contributed by atoms with Gasteiger partial charge in [-0.3, -0.25) is 0 Å². The van der Waals surface area contributed by atoms with E-state index >= 15 is 0 Å². The topological polar surface area (TPSA) is 29.9 Å². The fourth-order valence-corrected chi connectivity index (χ4v) is 2.13. The molecule has 17 heavy (non-hydrogen) atoms. The molecule has 1 heterocycles. The minimum absolute atomic E-state index is 0.216. The summed E-state index contributed by atoms with van der Waals surface area (Å²) in [6, 6.07) is 8.70. The van der Waals surface area contributed by atoms with Gasteiger partial charge in [0.15, 0.2) is 0 Å². The van der Waals surface area contributed by atoms with Crippen LogP contribution in [0.25, 0.3) is 0 Å². The summed E-state index contributed by atoms with van der Waals surface area (Å²) in [5, 5.41) is 3.52. The Morgan fingerprint density at radius 2 is 2.12 bits per heavy atom. The lowest BCUT2D eigenvalue weighted by atomic mass is 9.99. The molecule has 0 aliphatic heterocycles. The van der Waals surface area contributed by atoms with E-state index in [4.69, 9.17) is 0 Å². The third-order valence-corrected chi connectivity index (χ3v) is 3.06. The van der Waals surface area contributed by atoms with Gasteiger partial charge < -0.3 is 9.88 Å². The maximum atomic E-state index is 4.20. The SMILES string of the molecule is CCNC(c1ccccc1C)c1cncn1C. The van der Waals surface area contributed by atoms with Crippen LogP contribution in [0.4, 0.5) is 0 Å². The van der Waals surface area contributed by atoms with Gasteiger partial charge in [-0.25, -0.2) is 4.98 Å². The fraction of sp³-hybridized carbons (Fsp3) is 0.357. The highest BCUT2D eigenvalue weighted by atomic mass is 15.1. The van der Waals surface area contributed by atoms with Crippen molar-refractivity contribution in [3.05, 3.63) is 53.6 Å². The Morgan fingerprint density at radius 3 is 2.71 bits per heavy atom. The summed E-state index contributed by atoms with van der Waals surface area (Å²) in [6.07, 6.45) is 3.78. The number of rotatable bonds is 4. The number of hydrogen-bond acceptors (Lipinski definition) is 2. The average molecular weight is 229 g/mol. The zero-order chi connectivity index (χ0) is 12.3. The van der Waals surface area contributed by atoms with Crippen molar-refractivity contribution in [2.75, 3.05) is 6.54 Å². The number of aromatic nitrogens is 2. The molecular formula is C14H19N3. The molecule has 1 N–H and O–H groups in total. The summed E-state index contributed by atoms with van der Waals surface area (Å²) in [7, 11) is 2.03. The number of imidazole rings is 1. The molecule has 0 amide bonds. The lowest BCUT2D eigenvalue weighted by Crippen LogP contribution is -2.24. The average Bonchev–Trinajstić information content (AvgIpc) is 2.74. The van der Waals surface area contributed by atoms with E-state index in [2.05, 4.69) is 53.0 Å². The van der Waals surface area contributed by atoms with Crippen LogP contribution in [0.2, 0.25) is 0 Å². The van der Waals surface area contributed by atoms with Crippen molar-refractivity contribution in [2.24, 2.45) is 7.05 Å². The van der Waals surface area contributed by atoms with Crippen molar-refractivity contribution in [2.45, 2.75) is 19.9 Å². The van der Waals surface area contributed by atoms with E-state index in [9.17, 15) is 0 Å². The highest BCUT2D eigenvalue weighted by Gasteiger charge is 2.17. The predicted octanol–water partition coefficient (Wildman–Crippen LogP) is 2.43. The zero-order valence-corrected chi connectivity index (χ0v) is 10.6. The summed E-state index contributed by atoms with van der Waals surface area (Å²) in [5.41, 5.74) is 3.82. The van der Waals surface area contributed by atoms with Gasteiger partial charge in [-0.15, -0.1) is 0 Å². The maximum absolute atomic E-state index is 4.20. The van der Waals surface area contributed by atoms with Crippen LogP contribution in [0.1, 0.15) is 29.8 Å². The molecule has 2 aromatic rings. The molecule has 3 nitrogen and oxygen atoms in total. The Morgan fingerprint density at radius 1 is 1.35 bits per heavy atom. The molecule has 0 saturated carbocycles. The molecule has 90 valence electrons. The monoisotopic (exact) mass is 229 g/mol. The van der Waals surface area contributed by atoms with Crippen molar-refractivity contribution >= 4 is 0 Å². The molecule has 1 aromatic carbocycles. The Hall–Kier alpha value is -1.61. The summed E-state index contributed by atoms with van der Waals surface area (Å²) < 4.78 is 2.07. The summed E-state index contributed by atoms with van der Waals surface area (Å²) in [5.74, 6) is 0. The molecule has 1 atom stereocenters. The van der Waals surface area contributed by atoms with Crippen molar-refractivity contribution in [3.8, 4) is 0 Å². The van der Waals surface area contributed by atoms with E-state index in [1.54, 1.807) is 0 Å². The van der Waals surface area contributed by atoms with Gasteiger partial charge in [0.25, 0.3) is 0 Å². The van der Waals surface area contributed by atoms with Gasteiger partial charge in [-0.1, -0.05) is 31.2 Å². The third kappa shape index (κ3) is 2.39. The normalized spacial score (nSPS) is 12.6. The highest BCUT2D eigenvalue weighted by Crippen LogP contribution is 2.23. The molecule has 0 bridgehead atoms. The van der Waals surface area contributed by atoms with Crippen molar-refractivity contribution < 1.29 is 0 Å². The van der Waals surface area contributed by atoms with Crippen molar-refractivity contribution in [1.82, 2.24) is 14.9 Å². The van der Waals surface area contributed by atoms with Gasteiger partial charge in [0.05, 0.1) is 24.3 Å². The molecule has 0 fully saturated rings. The van der Waals surface area contributed by atoms with Crippen LogP contribution in [-0.4, -0.2) is 16.1 Å². The Labute approximate surface area is 103 Å². The first kappa shape index (κ1) is 11.9. The second-order valence-electron chi connectivity index (χ2n) is 4.28. The smallest absolute Gasteiger partial charge is 0.0946 e. The van der Waals surface area contributed by atoms with E-state index in [0.29, 0.717) is 0 Å². The number of nitrogens with one attached hydrogen (secondary N) is 1. The van der Waals surface area contributed by atoms with Gasteiger partial charge in [-0.2, -0.15) is 0 Å². The Bertz CT molecular complexity index is 488. The minimum Gasteiger partial charge on any atom is -0.336 e. The second kappa shape index (κ2) is 5.15. The summed E-state index contributed by atoms with van der Waals surface area (Å²) in [6.45, 7) is 5.21. The molecule has 0 saturated heterocycles. The van der Waals surface area contributed by atoms with Crippen molar-refractivity contribution in [3.63, 3.8) is 0 Å². The van der Waals surface area contributed by atoms with Gasteiger partial charge in [-0.05, 0) is 24.6 Å².